The highest BCUT2D eigenvalue weighted by Gasteiger charge is 2.09. The van der Waals surface area contributed by atoms with Crippen molar-refractivity contribution in [3.05, 3.63) is 41.5 Å². The summed E-state index contributed by atoms with van der Waals surface area (Å²) >= 11 is 0. The van der Waals surface area contributed by atoms with Gasteiger partial charge in [-0.25, -0.2) is 0 Å². The smallest absolute Gasteiger partial charge is 0.307 e. The van der Waals surface area contributed by atoms with Crippen molar-refractivity contribution in [2.24, 2.45) is 0 Å². The molecule has 1 aromatic carbocycles. The highest BCUT2D eigenvalue weighted by Crippen LogP contribution is 2.16. The van der Waals surface area contributed by atoms with Gasteiger partial charge in [0.1, 0.15) is 0 Å². The monoisotopic (exact) mass is 233 g/mol. The van der Waals surface area contributed by atoms with Crippen molar-refractivity contribution in [1.29, 1.82) is 0 Å². The first-order valence-corrected chi connectivity index (χ1v) is 5.28. The van der Waals surface area contributed by atoms with E-state index in [1.165, 1.54) is 0 Å². The summed E-state index contributed by atoms with van der Waals surface area (Å²) in [4.78, 5) is 22.3. The standard InChI is InChI=1S/C13H15NO3/c1-3-9(2)13(17)14-11-7-5-4-6-10(11)8-12(15)16/h3-7H,8H2,1-2H3,(H,14,17)(H,15,16). The first-order chi connectivity index (χ1) is 8.04. The molecule has 0 atom stereocenters. The second-order valence-electron chi connectivity index (χ2n) is 3.65. The maximum absolute atomic E-state index is 11.7. The number of allylic oxidation sites excluding steroid dienone is 1. The van der Waals surface area contributed by atoms with Crippen LogP contribution in [-0.4, -0.2) is 17.0 Å². The number of carbonyl (C=O) groups excluding carboxylic acids is 1. The van der Waals surface area contributed by atoms with Gasteiger partial charge in [0, 0.05) is 11.3 Å². The van der Waals surface area contributed by atoms with E-state index in [4.69, 9.17) is 5.11 Å². The molecule has 0 aliphatic carbocycles. The van der Waals surface area contributed by atoms with Crippen LogP contribution in [0, 0.1) is 0 Å². The third-order valence-electron chi connectivity index (χ3n) is 2.40. The molecule has 1 aromatic rings. The molecule has 0 fully saturated rings. The Balaban J connectivity index is 2.91. The maximum atomic E-state index is 11.7. The predicted molar refractivity (Wildman–Crippen MR) is 65.8 cm³/mol. The highest BCUT2D eigenvalue weighted by atomic mass is 16.4. The summed E-state index contributed by atoms with van der Waals surface area (Å²) in [6.07, 6.45) is 1.60. The van der Waals surface area contributed by atoms with Crippen molar-refractivity contribution in [1.82, 2.24) is 0 Å². The Morgan fingerprint density at radius 3 is 2.59 bits per heavy atom. The molecule has 17 heavy (non-hydrogen) atoms. The molecule has 90 valence electrons. The number of rotatable bonds is 4. The van der Waals surface area contributed by atoms with Crippen molar-refractivity contribution in [2.45, 2.75) is 20.3 Å². The molecule has 0 heterocycles. The fraction of sp³-hybridized carbons (Fsp3) is 0.231. The van der Waals surface area contributed by atoms with Gasteiger partial charge < -0.3 is 10.4 Å². The normalized spacial score (nSPS) is 11.1. The van der Waals surface area contributed by atoms with Crippen LogP contribution in [0.5, 0.6) is 0 Å². The summed E-state index contributed by atoms with van der Waals surface area (Å²) in [5, 5.41) is 11.5. The number of nitrogens with one attached hydrogen (secondary N) is 1. The van der Waals surface area contributed by atoms with Crippen LogP contribution in [0.25, 0.3) is 0 Å². The molecule has 0 aliphatic rings. The molecule has 0 saturated carbocycles. The van der Waals surface area contributed by atoms with E-state index in [0.717, 1.165) is 0 Å². The van der Waals surface area contributed by atoms with Gasteiger partial charge in [0.05, 0.1) is 6.42 Å². The molecule has 0 spiro atoms. The summed E-state index contributed by atoms with van der Waals surface area (Å²) in [5.41, 5.74) is 1.73. The van der Waals surface area contributed by atoms with Gasteiger partial charge in [-0.05, 0) is 25.5 Å². The van der Waals surface area contributed by atoms with Gasteiger partial charge in [-0.3, -0.25) is 9.59 Å². The van der Waals surface area contributed by atoms with Crippen LogP contribution in [0.1, 0.15) is 19.4 Å². The number of hydrogen-bond acceptors (Lipinski definition) is 2. The minimum Gasteiger partial charge on any atom is -0.481 e. The number of carbonyl (C=O) groups is 2. The van der Waals surface area contributed by atoms with Crippen molar-refractivity contribution in [2.75, 3.05) is 5.32 Å². The average Bonchev–Trinajstić information content (AvgIpc) is 2.29. The minimum absolute atomic E-state index is 0.106. The summed E-state index contributed by atoms with van der Waals surface area (Å²) in [5.74, 6) is -1.14. The molecule has 4 heteroatoms. The van der Waals surface area contributed by atoms with E-state index in [-0.39, 0.29) is 12.3 Å². The average molecular weight is 233 g/mol. The van der Waals surface area contributed by atoms with Gasteiger partial charge in [0.25, 0.3) is 5.91 Å². The summed E-state index contributed by atoms with van der Waals surface area (Å²) in [6.45, 7) is 3.48. The molecule has 0 aliphatic heterocycles. The Labute approximate surface area is 100.0 Å². The molecule has 0 aromatic heterocycles. The zero-order valence-electron chi connectivity index (χ0n) is 9.86. The molecule has 0 saturated heterocycles. The fourth-order valence-electron chi connectivity index (χ4n) is 1.31. The van der Waals surface area contributed by atoms with Crippen LogP contribution in [0.15, 0.2) is 35.9 Å². The molecule has 4 nitrogen and oxygen atoms in total. The molecule has 0 radical (unpaired) electrons. The molecular weight excluding hydrogens is 218 g/mol. The second kappa shape index (κ2) is 5.84. The fourth-order valence-corrected chi connectivity index (χ4v) is 1.31. The van der Waals surface area contributed by atoms with Crippen LogP contribution in [0.4, 0.5) is 5.69 Å². The Kier molecular flexibility index (Phi) is 4.46. The third-order valence-corrected chi connectivity index (χ3v) is 2.40. The number of aliphatic carboxylic acids is 1. The number of anilines is 1. The van der Waals surface area contributed by atoms with E-state index < -0.39 is 5.97 Å². The lowest BCUT2D eigenvalue weighted by molar-refractivity contribution is -0.136. The number of para-hydroxylation sites is 1. The first-order valence-electron chi connectivity index (χ1n) is 5.28. The lowest BCUT2D eigenvalue weighted by Gasteiger charge is -2.09. The quantitative estimate of drug-likeness (QED) is 0.783. The molecule has 0 unspecified atom stereocenters. The van der Waals surface area contributed by atoms with Crippen LogP contribution < -0.4 is 5.32 Å². The predicted octanol–water partition coefficient (Wildman–Crippen LogP) is 2.22. The lowest BCUT2D eigenvalue weighted by Crippen LogP contribution is -2.14. The Bertz CT molecular complexity index is 463. The summed E-state index contributed by atoms with van der Waals surface area (Å²) in [7, 11) is 0. The highest BCUT2D eigenvalue weighted by molar-refractivity contribution is 6.03. The van der Waals surface area contributed by atoms with Crippen LogP contribution >= 0.6 is 0 Å². The number of hydrogen-bond donors (Lipinski definition) is 2. The lowest BCUT2D eigenvalue weighted by atomic mass is 10.1. The summed E-state index contributed by atoms with van der Waals surface area (Å²) < 4.78 is 0. The third kappa shape index (κ3) is 3.75. The van der Waals surface area contributed by atoms with E-state index in [9.17, 15) is 9.59 Å². The van der Waals surface area contributed by atoms with Crippen molar-refractivity contribution < 1.29 is 14.7 Å². The Hall–Kier alpha value is -2.10. The number of carboxylic acid groups (broad SMARTS) is 1. The van der Waals surface area contributed by atoms with E-state index in [2.05, 4.69) is 5.32 Å². The van der Waals surface area contributed by atoms with E-state index in [1.54, 1.807) is 44.2 Å². The molecule has 1 rings (SSSR count). The largest absolute Gasteiger partial charge is 0.481 e. The van der Waals surface area contributed by atoms with E-state index in [1.807, 2.05) is 0 Å². The van der Waals surface area contributed by atoms with Gasteiger partial charge in [-0.1, -0.05) is 24.3 Å². The minimum atomic E-state index is -0.922. The number of amides is 1. The van der Waals surface area contributed by atoms with Crippen LogP contribution in [-0.2, 0) is 16.0 Å². The molecule has 2 N–H and O–H groups in total. The molecule has 1 amide bonds. The first kappa shape index (κ1) is 13.0. The molecule has 0 bridgehead atoms. The van der Waals surface area contributed by atoms with Crippen LogP contribution in [0.3, 0.4) is 0 Å². The van der Waals surface area contributed by atoms with Crippen molar-refractivity contribution in [3.63, 3.8) is 0 Å². The Morgan fingerprint density at radius 2 is 2.00 bits per heavy atom. The summed E-state index contributed by atoms with van der Waals surface area (Å²) in [6, 6.07) is 6.89. The zero-order chi connectivity index (χ0) is 12.8. The maximum Gasteiger partial charge on any atom is 0.307 e. The zero-order valence-corrected chi connectivity index (χ0v) is 9.86. The van der Waals surface area contributed by atoms with Crippen LogP contribution in [0.2, 0.25) is 0 Å². The number of benzene rings is 1. The van der Waals surface area contributed by atoms with Crippen molar-refractivity contribution >= 4 is 17.6 Å². The van der Waals surface area contributed by atoms with Gasteiger partial charge in [0.15, 0.2) is 0 Å². The topological polar surface area (TPSA) is 66.4 Å². The molecular formula is C13H15NO3. The van der Waals surface area contributed by atoms with Gasteiger partial charge in [0.2, 0.25) is 0 Å². The Morgan fingerprint density at radius 1 is 1.35 bits per heavy atom. The van der Waals surface area contributed by atoms with Gasteiger partial charge in [-0.15, -0.1) is 0 Å². The van der Waals surface area contributed by atoms with E-state index >= 15 is 0 Å². The number of carboxylic acids is 1. The van der Waals surface area contributed by atoms with Gasteiger partial charge >= 0.3 is 5.97 Å². The second-order valence-corrected chi connectivity index (χ2v) is 3.65. The van der Waals surface area contributed by atoms with E-state index in [0.29, 0.717) is 16.8 Å². The SMILES string of the molecule is CC=C(C)C(=O)Nc1ccccc1CC(=O)O. The van der Waals surface area contributed by atoms with Crippen molar-refractivity contribution in [3.8, 4) is 0 Å². The van der Waals surface area contributed by atoms with Gasteiger partial charge in [-0.2, -0.15) is 0 Å².